The fourth-order valence-electron chi connectivity index (χ4n) is 5.07. The van der Waals surface area contributed by atoms with Gasteiger partial charge in [-0.3, -0.25) is 4.79 Å². The first kappa shape index (κ1) is 21.0. The topological polar surface area (TPSA) is 73.3 Å². The van der Waals surface area contributed by atoms with Gasteiger partial charge >= 0.3 is 6.03 Å². The molecule has 1 aromatic carbocycles. The monoisotopic (exact) mass is 415 g/mol. The van der Waals surface area contributed by atoms with Gasteiger partial charge in [0.2, 0.25) is 5.91 Å². The van der Waals surface area contributed by atoms with E-state index in [0.717, 1.165) is 17.9 Å². The summed E-state index contributed by atoms with van der Waals surface area (Å²) in [6.07, 6.45) is 3.39. The van der Waals surface area contributed by atoms with Gasteiger partial charge in [-0.25, -0.2) is 4.79 Å². The molecule has 164 valence electrons. The fraction of sp³-hybridized carbons (Fsp3) is 0.652. The molecule has 0 unspecified atom stereocenters. The third-order valence-corrected chi connectivity index (χ3v) is 6.96. The van der Waals surface area contributed by atoms with Crippen LogP contribution in [0, 0.1) is 5.41 Å². The Kier molecular flexibility index (Phi) is 5.43. The number of amides is 3. The van der Waals surface area contributed by atoms with E-state index in [4.69, 9.17) is 4.74 Å². The van der Waals surface area contributed by atoms with E-state index >= 15 is 0 Å². The number of likely N-dealkylation sites (N-methyl/N-ethyl adjacent to an activating group) is 1. The SMILES string of the molecule is CC(C)Oc1ccc(N2CC[C@]3(CC[C@@](O)(CN4CCN(C)C4=O)CC3)C2=O)cc1. The van der Waals surface area contributed by atoms with Crippen molar-refractivity contribution >= 4 is 17.6 Å². The zero-order chi connectivity index (χ0) is 21.5. The predicted octanol–water partition coefficient (Wildman–Crippen LogP) is 2.87. The highest BCUT2D eigenvalue weighted by Gasteiger charge is 2.52. The molecule has 0 bridgehead atoms. The number of hydrogen-bond acceptors (Lipinski definition) is 4. The fourth-order valence-corrected chi connectivity index (χ4v) is 5.07. The highest BCUT2D eigenvalue weighted by molar-refractivity contribution is 6.00. The summed E-state index contributed by atoms with van der Waals surface area (Å²) in [5.74, 6) is 0.971. The molecule has 1 N–H and O–H groups in total. The molecule has 0 radical (unpaired) electrons. The molecule has 1 aromatic rings. The number of hydrogen-bond donors (Lipinski definition) is 1. The molecule has 0 aromatic heterocycles. The maximum absolute atomic E-state index is 13.3. The minimum absolute atomic E-state index is 0.0169. The molecule has 3 fully saturated rings. The largest absolute Gasteiger partial charge is 0.491 e. The van der Waals surface area contributed by atoms with Gasteiger partial charge in [-0.2, -0.15) is 0 Å². The summed E-state index contributed by atoms with van der Waals surface area (Å²) in [7, 11) is 1.79. The molecular formula is C23H33N3O4. The van der Waals surface area contributed by atoms with Crippen molar-refractivity contribution in [1.82, 2.24) is 9.80 Å². The molecule has 2 aliphatic heterocycles. The molecule has 0 atom stereocenters. The number of anilines is 1. The minimum Gasteiger partial charge on any atom is -0.491 e. The Hall–Kier alpha value is -2.28. The first-order chi connectivity index (χ1) is 14.2. The third-order valence-electron chi connectivity index (χ3n) is 6.96. The molecule has 30 heavy (non-hydrogen) atoms. The number of benzene rings is 1. The van der Waals surface area contributed by atoms with Crippen molar-refractivity contribution < 1.29 is 19.4 Å². The number of carbonyl (C=O) groups excluding carboxylic acids is 2. The average molecular weight is 416 g/mol. The van der Waals surface area contributed by atoms with Gasteiger partial charge in [0.05, 0.1) is 23.7 Å². The first-order valence-corrected chi connectivity index (χ1v) is 11.0. The van der Waals surface area contributed by atoms with Gasteiger partial charge in [-0.15, -0.1) is 0 Å². The molecule has 3 amide bonds. The van der Waals surface area contributed by atoms with Crippen LogP contribution in [0.5, 0.6) is 5.75 Å². The molecule has 1 spiro atoms. The lowest BCUT2D eigenvalue weighted by atomic mass is 9.67. The molecule has 7 nitrogen and oxygen atoms in total. The Bertz CT molecular complexity index is 799. The van der Waals surface area contributed by atoms with Crippen LogP contribution in [0.2, 0.25) is 0 Å². The third kappa shape index (κ3) is 3.87. The summed E-state index contributed by atoms with van der Waals surface area (Å²) >= 11 is 0. The number of nitrogens with zero attached hydrogens (tertiary/aromatic N) is 3. The van der Waals surface area contributed by atoms with Crippen LogP contribution in [0.3, 0.4) is 0 Å². The van der Waals surface area contributed by atoms with Gasteiger partial charge in [-0.1, -0.05) is 0 Å². The van der Waals surface area contributed by atoms with Gasteiger partial charge < -0.3 is 24.5 Å². The van der Waals surface area contributed by atoms with Crippen LogP contribution in [0.25, 0.3) is 0 Å². The summed E-state index contributed by atoms with van der Waals surface area (Å²) in [5, 5.41) is 11.1. The molecule has 1 saturated carbocycles. The summed E-state index contributed by atoms with van der Waals surface area (Å²) in [6, 6.07) is 7.71. The average Bonchev–Trinajstić information content (AvgIpc) is 3.19. The van der Waals surface area contributed by atoms with Gasteiger partial charge in [0.15, 0.2) is 0 Å². The summed E-state index contributed by atoms with van der Waals surface area (Å²) < 4.78 is 5.70. The van der Waals surface area contributed by atoms with Crippen LogP contribution in [-0.4, -0.2) is 71.8 Å². The van der Waals surface area contributed by atoms with Crippen molar-refractivity contribution in [2.45, 2.75) is 57.7 Å². The van der Waals surface area contributed by atoms with Crippen LogP contribution < -0.4 is 9.64 Å². The van der Waals surface area contributed by atoms with E-state index in [0.29, 0.717) is 51.9 Å². The number of rotatable bonds is 5. The first-order valence-electron chi connectivity index (χ1n) is 11.0. The van der Waals surface area contributed by atoms with Crippen molar-refractivity contribution in [3.63, 3.8) is 0 Å². The second kappa shape index (κ2) is 7.76. The van der Waals surface area contributed by atoms with E-state index in [1.54, 1.807) is 16.8 Å². The van der Waals surface area contributed by atoms with Crippen LogP contribution in [-0.2, 0) is 4.79 Å². The Balaban J connectivity index is 1.38. The number of ether oxygens (including phenoxy) is 1. The molecule has 7 heteroatoms. The van der Waals surface area contributed by atoms with E-state index < -0.39 is 5.60 Å². The lowest BCUT2D eigenvalue weighted by molar-refractivity contribution is -0.131. The Labute approximate surface area is 178 Å². The minimum atomic E-state index is -0.893. The predicted molar refractivity (Wildman–Crippen MR) is 115 cm³/mol. The van der Waals surface area contributed by atoms with Gasteiger partial charge in [0, 0.05) is 32.4 Å². The van der Waals surface area contributed by atoms with Crippen LogP contribution in [0.4, 0.5) is 10.5 Å². The Morgan fingerprint density at radius 3 is 2.23 bits per heavy atom. The van der Waals surface area contributed by atoms with Crippen LogP contribution in [0.1, 0.15) is 46.0 Å². The molecular weight excluding hydrogens is 382 g/mol. The summed E-state index contributed by atoms with van der Waals surface area (Å²) in [6.45, 7) is 6.41. The Morgan fingerprint density at radius 1 is 1.00 bits per heavy atom. The lowest BCUT2D eigenvalue weighted by Crippen LogP contribution is -2.50. The van der Waals surface area contributed by atoms with E-state index in [1.165, 1.54) is 0 Å². The van der Waals surface area contributed by atoms with Crippen LogP contribution in [0.15, 0.2) is 24.3 Å². The van der Waals surface area contributed by atoms with Gasteiger partial charge in [0.1, 0.15) is 5.75 Å². The smallest absolute Gasteiger partial charge is 0.319 e. The highest BCUT2D eigenvalue weighted by Crippen LogP contribution is 2.49. The zero-order valence-electron chi connectivity index (χ0n) is 18.3. The second-order valence-corrected chi connectivity index (χ2v) is 9.50. The standard InChI is InChI=1S/C23H33N3O4/c1-17(2)30-19-6-4-18(5-7-19)26-13-12-22(20(26)27)8-10-23(29,11-9-22)16-25-15-14-24(3)21(25)28/h4-7,17,29H,8-16H2,1-3H3/t22-,23+. The maximum atomic E-state index is 13.3. The van der Waals surface area contributed by atoms with E-state index in [9.17, 15) is 14.7 Å². The summed E-state index contributed by atoms with van der Waals surface area (Å²) in [4.78, 5) is 30.8. The second-order valence-electron chi connectivity index (χ2n) is 9.50. The molecule has 2 saturated heterocycles. The van der Waals surface area contributed by atoms with E-state index in [-0.39, 0.29) is 23.5 Å². The van der Waals surface area contributed by atoms with Crippen LogP contribution >= 0.6 is 0 Å². The van der Waals surface area contributed by atoms with Crippen molar-refractivity contribution in [3.05, 3.63) is 24.3 Å². The van der Waals surface area contributed by atoms with E-state index in [2.05, 4.69) is 0 Å². The van der Waals surface area contributed by atoms with Crippen molar-refractivity contribution in [2.24, 2.45) is 5.41 Å². The Morgan fingerprint density at radius 2 is 1.67 bits per heavy atom. The molecule has 2 heterocycles. The number of urea groups is 1. The number of carbonyl (C=O) groups is 2. The number of aliphatic hydroxyl groups is 1. The maximum Gasteiger partial charge on any atom is 0.319 e. The highest BCUT2D eigenvalue weighted by atomic mass is 16.5. The molecule has 1 aliphatic carbocycles. The molecule has 4 rings (SSSR count). The van der Waals surface area contributed by atoms with Crippen molar-refractivity contribution in [3.8, 4) is 5.75 Å². The van der Waals surface area contributed by atoms with E-state index in [1.807, 2.05) is 43.0 Å². The zero-order valence-corrected chi connectivity index (χ0v) is 18.3. The van der Waals surface area contributed by atoms with Crippen molar-refractivity contribution in [1.29, 1.82) is 0 Å². The normalized spacial score (nSPS) is 29.6. The van der Waals surface area contributed by atoms with Crippen molar-refractivity contribution in [2.75, 3.05) is 38.1 Å². The quantitative estimate of drug-likeness (QED) is 0.803. The summed E-state index contributed by atoms with van der Waals surface area (Å²) in [5.41, 5.74) is -0.375. The lowest BCUT2D eigenvalue weighted by Gasteiger charge is -2.42. The van der Waals surface area contributed by atoms with Gasteiger partial charge in [-0.05, 0) is 70.2 Å². The number of β-amino-alcohol motifs (C(OH)–C–C–N with tert-alkyl or cyclic N) is 1. The van der Waals surface area contributed by atoms with Gasteiger partial charge in [0.25, 0.3) is 0 Å². The molecule has 3 aliphatic rings.